The molecule has 1 fully saturated rings. The summed E-state index contributed by atoms with van der Waals surface area (Å²) in [6, 6.07) is 5.47. The lowest BCUT2D eigenvalue weighted by Gasteiger charge is -2.11. The number of ether oxygens (including phenoxy) is 3. The summed E-state index contributed by atoms with van der Waals surface area (Å²) in [5, 5.41) is 2.93. The van der Waals surface area contributed by atoms with Gasteiger partial charge in [0.2, 0.25) is 12.7 Å². The zero-order valence-corrected chi connectivity index (χ0v) is 11.4. The Labute approximate surface area is 118 Å². The Kier molecular flexibility index (Phi) is 3.95. The van der Waals surface area contributed by atoms with Crippen molar-refractivity contribution in [2.45, 2.75) is 25.7 Å². The molecule has 108 valence electrons. The molecule has 2 aliphatic rings. The van der Waals surface area contributed by atoms with Crippen LogP contribution in [-0.4, -0.2) is 25.9 Å². The van der Waals surface area contributed by atoms with Crippen molar-refractivity contribution in [2.24, 2.45) is 5.92 Å². The highest BCUT2D eigenvalue weighted by molar-refractivity contribution is 5.78. The molecule has 1 aliphatic heterocycles. The molecule has 0 bridgehead atoms. The Balaban J connectivity index is 1.40. The van der Waals surface area contributed by atoms with E-state index in [4.69, 9.17) is 14.2 Å². The average molecular weight is 277 g/mol. The van der Waals surface area contributed by atoms with E-state index < -0.39 is 0 Å². The van der Waals surface area contributed by atoms with Crippen molar-refractivity contribution < 1.29 is 19.0 Å². The topological polar surface area (TPSA) is 56.8 Å². The van der Waals surface area contributed by atoms with Crippen LogP contribution in [0.25, 0.3) is 0 Å². The van der Waals surface area contributed by atoms with Gasteiger partial charge in [0, 0.05) is 12.0 Å². The van der Waals surface area contributed by atoms with Crippen LogP contribution in [0.4, 0.5) is 0 Å². The maximum absolute atomic E-state index is 11.8. The number of nitrogens with one attached hydrogen (secondary N) is 1. The van der Waals surface area contributed by atoms with Crippen LogP contribution < -0.4 is 19.5 Å². The second-order valence-electron chi connectivity index (χ2n) is 5.14. The summed E-state index contributed by atoms with van der Waals surface area (Å²) < 4.78 is 16.1. The molecule has 0 saturated heterocycles. The van der Waals surface area contributed by atoms with Crippen LogP contribution in [-0.2, 0) is 4.79 Å². The van der Waals surface area contributed by atoms with E-state index in [0.717, 1.165) is 24.3 Å². The summed E-state index contributed by atoms with van der Waals surface area (Å²) in [5.41, 5.74) is 0. The molecule has 0 unspecified atom stereocenters. The average Bonchev–Trinajstić information content (AvgIpc) is 3.13. The van der Waals surface area contributed by atoms with E-state index in [1.807, 2.05) is 12.1 Å². The minimum absolute atomic E-state index is 0.164. The fourth-order valence-corrected chi connectivity index (χ4v) is 2.64. The minimum Gasteiger partial charge on any atom is -0.492 e. The molecule has 5 heteroatoms. The van der Waals surface area contributed by atoms with Gasteiger partial charge in [0.25, 0.3) is 0 Å². The molecule has 1 N–H and O–H groups in total. The fourth-order valence-electron chi connectivity index (χ4n) is 2.64. The van der Waals surface area contributed by atoms with Crippen LogP contribution in [0.3, 0.4) is 0 Å². The summed E-state index contributed by atoms with van der Waals surface area (Å²) in [4.78, 5) is 11.8. The van der Waals surface area contributed by atoms with Gasteiger partial charge in [-0.25, -0.2) is 0 Å². The van der Waals surface area contributed by atoms with Gasteiger partial charge in [-0.05, 0) is 25.0 Å². The van der Waals surface area contributed by atoms with E-state index >= 15 is 0 Å². The van der Waals surface area contributed by atoms with Gasteiger partial charge in [-0.15, -0.1) is 0 Å². The SMILES string of the molecule is O=C(NCCOc1ccc2c(c1)OCO2)C1CCCC1. The molecule has 1 aliphatic carbocycles. The van der Waals surface area contributed by atoms with Gasteiger partial charge in [-0.1, -0.05) is 12.8 Å². The third kappa shape index (κ3) is 2.98. The molecular formula is C15H19NO4. The van der Waals surface area contributed by atoms with Gasteiger partial charge in [-0.2, -0.15) is 0 Å². The number of carbonyl (C=O) groups is 1. The lowest BCUT2D eigenvalue weighted by atomic mass is 10.1. The number of rotatable bonds is 5. The third-order valence-corrected chi connectivity index (χ3v) is 3.74. The van der Waals surface area contributed by atoms with Gasteiger partial charge in [0.15, 0.2) is 11.5 Å². The van der Waals surface area contributed by atoms with Crippen molar-refractivity contribution in [3.8, 4) is 17.2 Å². The lowest BCUT2D eigenvalue weighted by molar-refractivity contribution is -0.124. The van der Waals surface area contributed by atoms with Crippen molar-refractivity contribution in [3.05, 3.63) is 18.2 Å². The van der Waals surface area contributed by atoms with E-state index in [0.29, 0.717) is 18.9 Å². The summed E-state index contributed by atoms with van der Waals surface area (Å²) >= 11 is 0. The van der Waals surface area contributed by atoms with Gasteiger partial charge in [-0.3, -0.25) is 4.79 Å². The van der Waals surface area contributed by atoms with E-state index in [1.54, 1.807) is 6.07 Å². The molecule has 3 rings (SSSR count). The van der Waals surface area contributed by atoms with E-state index in [1.165, 1.54) is 12.8 Å². The molecule has 20 heavy (non-hydrogen) atoms. The zero-order valence-electron chi connectivity index (χ0n) is 11.4. The molecule has 1 heterocycles. The van der Waals surface area contributed by atoms with Crippen LogP contribution in [0.2, 0.25) is 0 Å². The number of carbonyl (C=O) groups excluding carboxylic acids is 1. The van der Waals surface area contributed by atoms with E-state index in [2.05, 4.69) is 5.32 Å². The first-order chi connectivity index (χ1) is 9.83. The molecule has 0 aromatic heterocycles. The number of benzene rings is 1. The van der Waals surface area contributed by atoms with Crippen LogP contribution in [0.15, 0.2) is 18.2 Å². The predicted octanol–water partition coefficient (Wildman–Crippen LogP) is 2.10. The quantitative estimate of drug-likeness (QED) is 0.837. The minimum atomic E-state index is 0.164. The Morgan fingerprint density at radius 1 is 1.25 bits per heavy atom. The Hall–Kier alpha value is -1.91. The maximum atomic E-state index is 11.8. The zero-order chi connectivity index (χ0) is 13.8. The molecular weight excluding hydrogens is 258 g/mol. The van der Waals surface area contributed by atoms with Gasteiger partial charge < -0.3 is 19.5 Å². The summed E-state index contributed by atoms with van der Waals surface area (Å²) in [5.74, 6) is 2.55. The van der Waals surface area contributed by atoms with Gasteiger partial charge in [0.05, 0.1) is 6.54 Å². The molecule has 0 spiro atoms. The maximum Gasteiger partial charge on any atom is 0.231 e. The molecule has 0 radical (unpaired) electrons. The van der Waals surface area contributed by atoms with E-state index in [-0.39, 0.29) is 18.6 Å². The van der Waals surface area contributed by atoms with Crippen LogP contribution in [0.1, 0.15) is 25.7 Å². The normalized spacial score (nSPS) is 17.2. The monoisotopic (exact) mass is 277 g/mol. The highest BCUT2D eigenvalue weighted by atomic mass is 16.7. The van der Waals surface area contributed by atoms with Crippen molar-refractivity contribution >= 4 is 5.91 Å². The number of fused-ring (bicyclic) bond motifs is 1. The first kappa shape index (κ1) is 13.1. The summed E-state index contributed by atoms with van der Waals surface area (Å²) in [6.45, 7) is 1.25. The standard InChI is InChI=1S/C15H19NO4/c17-15(11-3-1-2-4-11)16-7-8-18-12-5-6-13-14(9-12)20-10-19-13/h5-6,9,11H,1-4,7-8,10H2,(H,16,17). The molecule has 1 saturated carbocycles. The van der Waals surface area contributed by atoms with Crippen LogP contribution in [0.5, 0.6) is 17.2 Å². The third-order valence-electron chi connectivity index (χ3n) is 3.74. The Bertz CT molecular complexity index is 483. The largest absolute Gasteiger partial charge is 0.492 e. The van der Waals surface area contributed by atoms with Crippen molar-refractivity contribution in [3.63, 3.8) is 0 Å². The summed E-state index contributed by atoms with van der Waals surface area (Å²) in [7, 11) is 0. The van der Waals surface area contributed by atoms with E-state index in [9.17, 15) is 4.79 Å². The van der Waals surface area contributed by atoms with Crippen LogP contribution >= 0.6 is 0 Å². The molecule has 0 atom stereocenters. The van der Waals surface area contributed by atoms with Gasteiger partial charge in [0.1, 0.15) is 12.4 Å². The number of hydrogen-bond donors (Lipinski definition) is 1. The molecule has 1 amide bonds. The smallest absolute Gasteiger partial charge is 0.231 e. The Morgan fingerprint density at radius 3 is 2.90 bits per heavy atom. The Morgan fingerprint density at radius 2 is 2.05 bits per heavy atom. The molecule has 1 aromatic rings. The van der Waals surface area contributed by atoms with Crippen molar-refractivity contribution in [1.82, 2.24) is 5.32 Å². The summed E-state index contributed by atoms with van der Waals surface area (Å²) in [6.07, 6.45) is 4.39. The highest BCUT2D eigenvalue weighted by Gasteiger charge is 2.22. The fraction of sp³-hybridized carbons (Fsp3) is 0.533. The second kappa shape index (κ2) is 6.03. The second-order valence-corrected chi connectivity index (χ2v) is 5.14. The first-order valence-corrected chi connectivity index (χ1v) is 7.13. The van der Waals surface area contributed by atoms with Crippen molar-refractivity contribution in [1.29, 1.82) is 0 Å². The molecule has 5 nitrogen and oxygen atoms in total. The number of hydrogen-bond acceptors (Lipinski definition) is 4. The number of amides is 1. The lowest BCUT2D eigenvalue weighted by Crippen LogP contribution is -2.32. The van der Waals surface area contributed by atoms with Gasteiger partial charge >= 0.3 is 0 Å². The first-order valence-electron chi connectivity index (χ1n) is 7.13. The predicted molar refractivity (Wildman–Crippen MR) is 73.0 cm³/mol. The van der Waals surface area contributed by atoms with Crippen molar-refractivity contribution in [2.75, 3.05) is 19.9 Å². The van der Waals surface area contributed by atoms with Crippen LogP contribution in [0, 0.1) is 5.92 Å². The highest BCUT2D eigenvalue weighted by Crippen LogP contribution is 2.35. The molecule has 1 aromatic carbocycles.